The average molecular weight is 494 g/mol. The van der Waals surface area contributed by atoms with Crippen molar-refractivity contribution >= 4 is 51.1 Å². The zero-order valence-corrected chi connectivity index (χ0v) is 20.4. The first-order valence-electron chi connectivity index (χ1n) is 11.3. The van der Waals surface area contributed by atoms with Gasteiger partial charge in [0.05, 0.1) is 16.7 Å². The normalized spacial score (nSPS) is 18.4. The van der Waals surface area contributed by atoms with Crippen LogP contribution in [0.5, 0.6) is 0 Å². The Labute approximate surface area is 206 Å². The highest BCUT2D eigenvalue weighted by atomic mass is 35.5. The van der Waals surface area contributed by atoms with Crippen molar-refractivity contribution in [2.75, 3.05) is 23.7 Å². The number of nitrogen functional groups attached to an aromatic ring is 1. The van der Waals surface area contributed by atoms with Crippen molar-refractivity contribution in [3.8, 4) is 11.1 Å². The Morgan fingerprint density at radius 3 is 2.66 bits per heavy atom. The minimum absolute atomic E-state index is 0.0415. The van der Waals surface area contributed by atoms with Gasteiger partial charge in [-0.2, -0.15) is 10.1 Å². The number of aryl methyl sites for hydroxylation is 1. The largest absolute Gasteiger partial charge is 0.368 e. The molecule has 2 aromatic carbocycles. The highest BCUT2D eigenvalue weighted by Crippen LogP contribution is 2.42. The molecule has 0 bridgehead atoms. The van der Waals surface area contributed by atoms with Crippen molar-refractivity contribution in [2.24, 2.45) is 0 Å². The van der Waals surface area contributed by atoms with E-state index in [0.29, 0.717) is 35.4 Å². The summed E-state index contributed by atoms with van der Waals surface area (Å²) in [7, 11) is 0. The van der Waals surface area contributed by atoms with Gasteiger partial charge in [0.25, 0.3) is 0 Å². The van der Waals surface area contributed by atoms with E-state index in [2.05, 4.69) is 26.7 Å². The standard InChI is InChI=1S/C25H25ClFN7O/c1-5-18(35)33-10-13(3)34(14(4)11-33)24-16-8-17(26)20(21(27)23(16)30-25(28)31-24)19-12(2)6-7-15-9-29-32-22(15)19/h5-9,13-14H,1,10-11H2,2-4H3,(H,29,32)(H2,28,30,31)/t13-,14+. The van der Waals surface area contributed by atoms with Crippen molar-refractivity contribution in [3.05, 3.63) is 53.5 Å². The SMILES string of the molecule is C=CC(=O)N1C[C@@H](C)N(c2nc(N)nc3c(F)c(-c4c(C)ccc5cn[nH]c45)c(Cl)cc23)[C@@H](C)C1. The number of H-pyrrole nitrogens is 1. The molecule has 1 amide bonds. The number of aromatic amines is 1. The second kappa shape index (κ2) is 8.49. The molecule has 0 unspecified atom stereocenters. The minimum atomic E-state index is -0.575. The van der Waals surface area contributed by atoms with Crippen LogP contribution < -0.4 is 10.6 Å². The molecule has 10 heteroatoms. The molecule has 0 radical (unpaired) electrons. The molecule has 1 aliphatic heterocycles. The lowest BCUT2D eigenvalue weighted by atomic mass is 9.96. The maximum absolute atomic E-state index is 16.2. The Bertz CT molecular complexity index is 1490. The summed E-state index contributed by atoms with van der Waals surface area (Å²) in [5.41, 5.74) is 8.56. The van der Waals surface area contributed by atoms with Gasteiger partial charge in [-0.25, -0.2) is 9.37 Å². The number of fused-ring (bicyclic) bond motifs is 2. The van der Waals surface area contributed by atoms with Crippen molar-refractivity contribution in [1.29, 1.82) is 0 Å². The molecule has 180 valence electrons. The van der Waals surface area contributed by atoms with E-state index in [-0.39, 0.29) is 40.0 Å². The number of anilines is 2. The summed E-state index contributed by atoms with van der Waals surface area (Å²) >= 11 is 6.75. The summed E-state index contributed by atoms with van der Waals surface area (Å²) in [5, 5.41) is 8.60. The Morgan fingerprint density at radius 1 is 1.26 bits per heavy atom. The van der Waals surface area contributed by atoms with E-state index in [1.165, 1.54) is 6.08 Å². The van der Waals surface area contributed by atoms with Gasteiger partial charge >= 0.3 is 0 Å². The van der Waals surface area contributed by atoms with Crippen LogP contribution in [-0.2, 0) is 4.79 Å². The predicted octanol–water partition coefficient (Wildman–Crippen LogP) is 4.47. The molecule has 8 nitrogen and oxygen atoms in total. The van der Waals surface area contributed by atoms with Gasteiger partial charge in [0.15, 0.2) is 5.82 Å². The molecule has 1 fully saturated rings. The summed E-state index contributed by atoms with van der Waals surface area (Å²) in [5.74, 6) is -0.256. The molecule has 0 aliphatic carbocycles. The Balaban J connectivity index is 1.71. The van der Waals surface area contributed by atoms with Gasteiger partial charge in [-0.3, -0.25) is 9.89 Å². The third kappa shape index (κ3) is 3.67. The first kappa shape index (κ1) is 23.0. The number of carbonyl (C=O) groups excluding carboxylic acids is 1. The van der Waals surface area contributed by atoms with Crippen LogP contribution in [0.3, 0.4) is 0 Å². The number of nitrogens with zero attached hydrogens (tertiary/aromatic N) is 5. The van der Waals surface area contributed by atoms with E-state index < -0.39 is 5.82 Å². The molecular weight excluding hydrogens is 469 g/mol. The lowest BCUT2D eigenvalue weighted by Gasteiger charge is -2.45. The topological polar surface area (TPSA) is 104 Å². The Kier molecular flexibility index (Phi) is 5.59. The van der Waals surface area contributed by atoms with Crippen LogP contribution in [0.4, 0.5) is 16.2 Å². The molecule has 5 rings (SSSR count). The van der Waals surface area contributed by atoms with Gasteiger partial charge in [-0.15, -0.1) is 0 Å². The van der Waals surface area contributed by atoms with Crippen molar-refractivity contribution in [3.63, 3.8) is 0 Å². The second-order valence-electron chi connectivity index (χ2n) is 8.99. The molecule has 0 saturated carbocycles. The van der Waals surface area contributed by atoms with Gasteiger partial charge in [0, 0.05) is 47.1 Å². The molecule has 4 aromatic rings. The molecule has 2 aromatic heterocycles. The Morgan fingerprint density at radius 2 is 1.97 bits per heavy atom. The first-order valence-corrected chi connectivity index (χ1v) is 11.7. The molecular formula is C25H25ClFN7O. The summed E-state index contributed by atoms with van der Waals surface area (Å²) in [6.07, 6.45) is 3.00. The smallest absolute Gasteiger partial charge is 0.246 e. The van der Waals surface area contributed by atoms with E-state index in [1.807, 2.05) is 37.8 Å². The number of nitrogens with two attached hydrogens (primary N) is 1. The minimum Gasteiger partial charge on any atom is -0.368 e. The number of amides is 1. The van der Waals surface area contributed by atoms with Crippen LogP contribution in [0.25, 0.3) is 32.9 Å². The number of benzene rings is 2. The molecule has 35 heavy (non-hydrogen) atoms. The summed E-state index contributed by atoms with van der Waals surface area (Å²) in [6, 6.07) is 5.30. The monoisotopic (exact) mass is 493 g/mol. The molecule has 2 atom stereocenters. The first-order chi connectivity index (χ1) is 16.7. The van der Waals surface area contributed by atoms with Crippen LogP contribution in [-0.4, -0.2) is 56.1 Å². The summed E-state index contributed by atoms with van der Waals surface area (Å²) in [4.78, 5) is 24.7. The fraction of sp³-hybridized carbons (Fsp3) is 0.280. The van der Waals surface area contributed by atoms with Crippen LogP contribution in [0.2, 0.25) is 5.02 Å². The van der Waals surface area contributed by atoms with Crippen LogP contribution in [0.1, 0.15) is 19.4 Å². The van der Waals surface area contributed by atoms with Crippen molar-refractivity contribution in [2.45, 2.75) is 32.9 Å². The van der Waals surface area contributed by atoms with E-state index in [4.69, 9.17) is 17.3 Å². The second-order valence-corrected chi connectivity index (χ2v) is 9.40. The molecule has 1 saturated heterocycles. The molecule has 3 N–H and O–H groups in total. The number of hydrogen-bond acceptors (Lipinski definition) is 6. The average Bonchev–Trinajstić information content (AvgIpc) is 3.29. The number of rotatable bonds is 3. The van der Waals surface area contributed by atoms with Crippen molar-refractivity contribution < 1.29 is 9.18 Å². The third-order valence-electron chi connectivity index (χ3n) is 6.61. The molecule has 3 heterocycles. The van der Waals surface area contributed by atoms with E-state index in [9.17, 15) is 4.79 Å². The predicted molar refractivity (Wildman–Crippen MR) is 137 cm³/mol. The summed E-state index contributed by atoms with van der Waals surface area (Å²) in [6.45, 7) is 10.4. The summed E-state index contributed by atoms with van der Waals surface area (Å²) < 4.78 is 16.2. The van der Waals surface area contributed by atoms with E-state index in [0.717, 1.165) is 10.9 Å². The fourth-order valence-electron chi connectivity index (χ4n) is 5.11. The number of hydrogen-bond donors (Lipinski definition) is 2. The zero-order valence-electron chi connectivity index (χ0n) is 19.6. The maximum Gasteiger partial charge on any atom is 0.246 e. The van der Waals surface area contributed by atoms with Gasteiger partial charge < -0.3 is 15.5 Å². The number of nitrogens with one attached hydrogen (secondary N) is 1. The molecule has 0 spiro atoms. The molecule has 1 aliphatic rings. The van der Waals surface area contributed by atoms with Gasteiger partial charge in [0.2, 0.25) is 11.9 Å². The Hall–Kier alpha value is -3.72. The van der Waals surface area contributed by atoms with Crippen molar-refractivity contribution in [1.82, 2.24) is 25.1 Å². The van der Waals surface area contributed by atoms with Gasteiger partial charge in [-0.05, 0) is 38.5 Å². The highest BCUT2D eigenvalue weighted by Gasteiger charge is 2.34. The lowest BCUT2D eigenvalue weighted by Crippen LogP contribution is -2.58. The maximum atomic E-state index is 16.2. The third-order valence-corrected chi connectivity index (χ3v) is 6.90. The zero-order chi connectivity index (χ0) is 25.0. The lowest BCUT2D eigenvalue weighted by molar-refractivity contribution is -0.127. The van der Waals surface area contributed by atoms with Crippen LogP contribution in [0, 0.1) is 12.7 Å². The van der Waals surface area contributed by atoms with E-state index in [1.54, 1.807) is 17.2 Å². The number of halogens is 2. The highest BCUT2D eigenvalue weighted by molar-refractivity contribution is 6.35. The van der Waals surface area contributed by atoms with Crippen LogP contribution in [0.15, 0.2) is 37.1 Å². The van der Waals surface area contributed by atoms with E-state index >= 15 is 4.39 Å². The van der Waals surface area contributed by atoms with Gasteiger partial charge in [0.1, 0.15) is 11.3 Å². The fourth-order valence-corrected chi connectivity index (χ4v) is 5.40. The quantitative estimate of drug-likeness (QED) is 0.408. The number of carbonyl (C=O) groups is 1. The van der Waals surface area contributed by atoms with Gasteiger partial charge in [-0.1, -0.05) is 30.3 Å². The number of aromatic nitrogens is 4. The van der Waals surface area contributed by atoms with Crippen LogP contribution >= 0.6 is 11.6 Å². The number of piperazine rings is 1.